The van der Waals surface area contributed by atoms with Gasteiger partial charge in [-0.05, 0) is 24.6 Å². The average Bonchev–Trinajstić information content (AvgIpc) is 2.55. The molecule has 1 aromatic carbocycles. The fourth-order valence-electron chi connectivity index (χ4n) is 3.63. The molecule has 0 bridgehead atoms. The molecule has 1 aromatic rings. The summed E-state index contributed by atoms with van der Waals surface area (Å²) >= 11 is 0. The largest absolute Gasteiger partial charge is 0.504 e. The van der Waals surface area contributed by atoms with Crippen molar-refractivity contribution in [2.75, 3.05) is 21.2 Å². The van der Waals surface area contributed by atoms with Crippen molar-refractivity contribution in [3.05, 3.63) is 23.8 Å². The number of nitrogens with one attached hydrogen (secondary N) is 2. The number of amides is 4. The Kier molecular flexibility index (Phi) is 3.90. The minimum atomic E-state index is -0.401. The highest BCUT2D eigenvalue weighted by atomic mass is 16.5. The van der Waals surface area contributed by atoms with Crippen molar-refractivity contribution in [2.45, 2.75) is 25.2 Å². The summed E-state index contributed by atoms with van der Waals surface area (Å²) in [5.74, 6) is 0.330. The van der Waals surface area contributed by atoms with Crippen LogP contribution in [0.4, 0.5) is 9.59 Å². The van der Waals surface area contributed by atoms with Gasteiger partial charge in [-0.25, -0.2) is 9.59 Å². The number of carbonyl (C=O) groups is 2. The molecule has 8 nitrogen and oxygen atoms in total. The van der Waals surface area contributed by atoms with Gasteiger partial charge in [0.25, 0.3) is 0 Å². The van der Waals surface area contributed by atoms with Crippen molar-refractivity contribution in [2.24, 2.45) is 5.92 Å². The number of fused-ring (bicyclic) bond motifs is 1. The summed E-state index contributed by atoms with van der Waals surface area (Å²) in [5, 5.41) is 15.7. The van der Waals surface area contributed by atoms with Crippen LogP contribution < -0.4 is 15.4 Å². The molecule has 2 saturated heterocycles. The maximum Gasteiger partial charge on any atom is 0.319 e. The second kappa shape index (κ2) is 5.77. The second-order valence-corrected chi connectivity index (χ2v) is 6.31. The summed E-state index contributed by atoms with van der Waals surface area (Å²) in [6.45, 7) is 1.93. The van der Waals surface area contributed by atoms with E-state index < -0.39 is 6.17 Å². The number of urea groups is 2. The van der Waals surface area contributed by atoms with Gasteiger partial charge in [0.2, 0.25) is 0 Å². The minimum absolute atomic E-state index is 0.0443. The van der Waals surface area contributed by atoms with Gasteiger partial charge in [-0.2, -0.15) is 0 Å². The maximum atomic E-state index is 12.4. The number of ether oxygens (including phenoxy) is 1. The first kappa shape index (κ1) is 16.2. The Hall–Kier alpha value is -2.64. The standard InChI is InChI=1S/C16H22N4O4/c1-8-12-13(9-5-6-10(21)11(7-9)24-4)19(2)16(23)18-14(12)20(3)15(22)17-8/h5-8,12-14,21H,1-4H3,(H,17,22)(H,18,23)/t8-,12+,13-,14-/m1/s1. The molecule has 0 aliphatic carbocycles. The fraction of sp³-hybridized carbons (Fsp3) is 0.500. The molecular weight excluding hydrogens is 312 g/mol. The SMILES string of the molecule is COc1cc([C@@H]2[C@@H]3[C@@H](C)NC(=O)N(C)[C@H]3NC(=O)N2C)ccc1O. The van der Waals surface area contributed by atoms with Crippen LogP contribution in [0, 0.1) is 5.92 Å². The number of methoxy groups -OCH3 is 1. The van der Waals surface area contributed by atoms with Crippen LogP contribution in [0.1, 0.15) is 18.5 Å². The molecule has 2 heterocycles. The van der Waals surface area contributed by atoms with Crippen molar-refractivity contribution in [3.8, 4) is 11.5 Å². The van der Waals surface area contributed by atoms with E-state index in [1.54, 1.807) is 37.2 Å². The molecule has 2 aliphatic rings. The van der Waals surface area contributed by atoms with E-state index in [1.165, 1.54) is 12.0 Å². The molecule has 0 spiro atoms. The van der Waals surface area contributed by atoms with Crippen LogP contribution in [0.2, 0.25) is 0 Å². The number of phenols is 1. The maximum absolute atomic E-state index is 12.4. The Balaban J connectivity index is 2.06. The van der Waals surface area contributed by atoms with Crippen molar-refractivity contribution in [1.82, 2.24) is 20.4 Å². The summed E-state index contributed by atoms with van der Waals surface area (Å²) in [6, 6.07) is 4.20. The quantitative estimate of drug-likeness (QED) is 0.754. The van der Waals surface area contributed by atoms with Gasteiger partial charge in [-0.3, -0.25) is 0 Å². The number of carbonyl (C=O) groups excluding carboxylic acids is 2. The van der Waals surface area contributed by atoms with E-state index in [2.05, 4.69) is 10.6 Å². The van der Waals surface area contributed by atoms with E-state index in [0.29, 0.717) is 5.75 Å². The zero-order valence-electron chi connectivity index (χ0n) is 14.1. The number of hydrogen-bond donors (Lipinski definition) is 3. The Morgan fingerprint density at radius 2 is 1.79 bits per heavy atom. The fourth-order valence-corrected chi connectivity index (χ4v) is 3.63. The van der Waals surface area contributed by atoms with Gasteiger partial charge in [-0.1, -0.05) is 6.07 Å². The van der Waals surface area contributed by atoms with Gasteiger partial charge in [0.15, 0.2) is 11.5 Å². The summed E-state index contributed by atoms with van der Waals surface area (Å²) < 4.78 is 5.19. The van der Waals surface area contributed by atoms with E-state index in [0.717, 1.165) is 5.56 Å². The molecule has 0 unspecified atom stereocenters. The van der Waals surface area contributed by atoms with Crippen LogP contribution in [-0.2, 0) is 0 Å². The zero-order chi connectivity index (χ0) is 17.6. The molecule has 3 rings (SSSR count). The molecule has 2 aliphatic heterocycles. The van der Waals surface area contributed by atoms with E-state index >= 15 is 0 Å². The number of rotatable bonds is 2. The van der Waals surface area contributed by atoms with E-state index in [9.17, 15) is 14.7 Å². The van der Waals surface area contributed by atoms with Crippen LogP contribution in [0.25, 0.3) is 0 Å². The molecule has 0 radical (unpaired) electrons. The molecule has 24 heavy (non-hydrogen) atoms. The van der Waals surface area contributed by atoms with E-state index in [-0.39, 0.29) is 35.8 Å². The van der Waals surface area contributed by atoms with Gasteiger partial charge in [0, 0.05) is 26.1 Å². The second-order valence-electron chi connectivity index (χ2n) is 6.31. The highest BCUT2D eigenvalue weighted by Crippen LogP contribution is 2.40. The third-order valence-electron chi connectivity index (χ3n) is 4.95. The topological polar surface area (TPSA) is 94.1 Å². The van der Waals surface area contributed by atoms with Crippen LogP contribution >= 0.6 is 0 Å². The predicted octanol–water partition coefficient (Wildman–Crippen LogP) is 1.08. The third kappa shape index (κ3) is 2.38. The summed E-state index contributed by atoms with van der Waals surface area (Å²) in [6.07, 6.45) is -0.401. The Labute approximate surface area is 140 Å². The van der Waals surface area contributed by atoms with Gasteiger partial charge in [-0.15, -0.1) is 0 Å². The van der Waals surface area contributed by atoms with Crippen molar-refractivity contribution < 1.29 is 19.4 Å². The van der Waals surface area contributed by atoms with Crippen LogP contribution in [0.15, 0.2) is 18.2 Å². The van der Waals surface area contributed by atoms with Gasteiger partial charge < -0.3 is 30.3 Å². The lowest BCUT2D eigenvalue weighted by molar-refractivity contribution is 0.0247. The van der Waals surface area contributed by atoms with E-state index in [4.69, 9.17) is 4.74 Å². The average molecular weight is 334 g/mol. The normalized spacial score (nSPS) is 29.7. The highest BCUT2D eigenvalue weighted by molar-refractivity contribution is 5.80. The smallest absolute Gasteiger partial charge is 0.319 e. The zero-order valence-corrected chi connectivity index (χ0v) is 14.1. The van der Waals surface area contributed by atoms with Crippen molar-refractivity contribution in [3.63, 3.8) is 0 Å². The lowest BCUT2D eigenvalue weighted by atomic mass is 9.81. The number of phenolic OH excluding ortho intramolecular Hbond substituents is 1. The lowest BCUT2D eigenvalue weighted by Crippen LogP contribution is -2.71. The first-order valence-corrected chi connectivity index (χ1v) is 7.78. The highest BCUT2D eigenvalue weighted by Gasteiger charge is 2.49. The summed E-state index contributed by atoms with van der Waals surface area (Å²) in [4.78, 5) is 27.6. The molecule has 3 N–H and O–H groups in total. The molecule has 8 heteroatoms. The van der Waals surface area contributed by atoms with Gasteiger partial charge >= 0.3 is 12.1 Å². The number of benzene rings is 1. The van der Waals surface area contributed by atoms with Gasteiger partial charge in [0.1, 0.15) is 6.17 Å². The lowest BCUT2D eigenvalue weighted by Gasteiger charge is -2.52. The number of aromatic hydroxyl groups is 1. The monoisotopic (exact) mass is 334 g/mol. The Morgan fingerprint density at radius 3 is 2.46 bits per heavy atom. The summed E-state index contributed by atoms with van der Waals surface area (Å²) in [5.41, 5.74) is 0.841. The molecule has 0 aromatic heterocycles. The third-order valence-corrected chi connectivity index (χ3v) is 4.95. The first-order chi connectivity index (χ1) is 11.3. The number of hydrogen-bond acceptors (Lipinski definition) is 4. The summed E-state index contributed by atoms with van der Waals surface area (Å²) in [7, 11) is 4.87. The Bertz CT molecular complexity index is 680. The van der Waals surface area contributed by atoms with Gasteiger partial charge in [0.05, 0.1) is 13.2 Å². The molecule has 4 amide bonds. The molecule has 0 saturated carbocycles. The Morgan fingerprint density at radius 1 is 1.12 bits per heavy atom. The first-order valence-electron chi connectivity index (χ1n) is 7.78. The predicted molar refractivity (Wildman–Crippen MR) is 86.7 cm³/mol. The molecule has 130 valence electrons. The van der Waals surface area contributed by atoms with Crippen LogP contribution in [0.5, 0.6) is 11.5 Å². The van der Waals surface area contributed by atoms with E-state index in [1.807, 2.05) is 6.92 Å². The van der Waals surface area contributed by atoms with Crippen LogP contribution in [-0.4, -0.2) is 60.4 Å². The van der Waals surface area contributed by atoms with Crippen LogP contribution in [0.3, 0.4) is 0 Å². The number of nitrogens with zero attached hydrogens (tertiary/aromatic N) is 2. The minimum Gasteiger partial charge on any atom is -0.504 e. The molecule has 4 atom stereocenters. The van der Waals surface area contributed by atoms with Crippen molar-refractivity contribution in [1.29, 1.82) is 0 Å². The molecule has 2 fully saturated rings. The van der Waals surface area contributed by atoms with Crippen molar-refractivity contribution >= 4 is 12.1 Å². The molecular formula is C16H22N4O4.